The first-order valence-electron chi connectivity index (χ1n) is 9.25. The molecular formula is C21H24FN3O3S. The Kier molecular flexibility index (Phi) is 7.00. The summed E-state index contributed by atoms with van der Waals surface area (Å²) in [6, 6.07) is 11.6. The summed E-state index contributed by atoms with van der Waals surface area (Å²) in [5, 5.41) is 0.540. The average molecular weight is 418 g/mol. The second kappa shape index (κ2) is 9.67. The lowest BCUT2D eigenvalue weighted by molar-refractivity contribution is -0.120. The minimum atomic E-state index is -0.322. The van der Waals surface area contributed by atoms with Crippen LogP contribution in [0.5, 0.6) is 11.5 Å². The van der Waals surface area contributed by atoms with Crippen LogP contribution in [-0.4, -0.2) is 56.7 Å². The predicted molar refractivity (Wildman–Crippen MR) is 114 cm³/mol. The van der Waals surface area contributed by atoms with Crippen molar-refractivity contribution in [3.05, 3.63) is 48.3 Å². The molecule has 0 spiro atoms. The molecule has 29 heavy (non-hydrogen) atoms. The van der Waals surface area contributed by atoms with Gasteiger partial charge in [0.15, 0.2) is 23.2 Å². The summed E-state index contributed by atoms with van der Waals surface area (Å²) in [4.78, 5) is 21.2. The van der Waals surface area contributed by atoms with Crippen LogP contribution in [0.4, 0.5) is 9.52 Å². The smallest absolute Gasteiger partial charge is 0.266 e. The summed E-state index contributed by atoms with van der Waals surface area (Å²) >= 11 is 1.30. The van der Waals surface area contributed by atoms with E-state index in [-0.39, 0.29) is 18.3 Å². The number of benzene rings is 2. The highest BCUT2D eigenvalue weighted by Gasteiger charge is 2.21. The van der Waals surface area contributed by atoms with Gasteiger partial charge < -0.3 is 14.4 Å². The quantitative estimate of drug-likeness (QED) is 0.530. The Balaban J connectivity index is 1.78. The summed E-state index contributed by atoms with van der Waals surface area (Å²) in [5.74, 6) is 0.532. The van der Waals surface area contributed by atoms with Crippen molar-refractivity contribution in [3.8, 4) is 11.5 Å². The Hall–Kier alpha value is -2.71. The number of thiazole rings is 1. The number of ether oxygens (including phenoxy) is 2. The molecule has 3 rings (SSSR count). The van der Waals surface area contributed by atoms with Crippen molar-refractivity contribution in [2.45, 2.75) is 6.42 Å². The van der Waals surface area contributed by atoms with Crippen molar-refractivity contribution in [2.75, 3.05) is 45.8 Å². The van der Waals surface area contributed by atoms with Crippen LogP contribution in [0.25, 0.3) is 10.2 Å². The van der Waals surface area contributed by atoms with E-state index in [1.165, 1.54) is 23.5 Å². The van der Waals surface area contributed by atoms with E-state index in [0.29, 0.717) is 33.4 Å². The van der Waals surface area contributed by atoms with Crippen molar-refractivity contribution < 1.29 is 18.7 Å². The van der Waals surface area contributed by atoms with Crippen LogP contribution in [0.15, 0.2) is 42.5 Å². The number of anilines is 1. The van der Waals surface area contributed by atoms with Gasteiger partial charge in [0.05, 0.1) is 17.3 Å². The van der Waals surface area contributed by atoms with E-state index in [4.69, 9.17) is 9.47 Å². The van der Waals surface area contributed by atoms with Gasteiger partial charge in [0.2, 0.25) is 0 Å². The van der Waals surface area contributed by atoms with Crippen LogP contribution in [-0.2, 0) is 4.79 Å². The molecule has 154 valence electrons. The number of aromatic nitrogens is 1. The molecule has 6 nitrogen and oxygen atoms in total. The fraction of sp³-hybridized carbons (Fsp3) is 0.333. The SMILES string of the molecule is COc1ccccc1OCC(=O)N(CCCN(C)C)c1nc2ccc(F)cc2s1. The van der Waals surface area contributed by atoms with E-state index in [1.54, 1.807) is 30.2 Å². The van der Waals surface area contributed by atoms with Gasteiger partial charge in [-0.2, -0.15) is 0 Å². The van der Waals surface area contributed by atoms with E-state index in [0.717, 1.165) is 13.0 Å². The van der Waals surface area contributed by atoms with Gasteiger partial charge in [0.25, 0.3) is 5.91 Å². The number of para-hydroxylation sites is 2. The number of rotatable bonds is 9. The molecule has 3 aromatic rings. The average Bonchev–Trinajstić information content (AvgIpc) is 3.12. The number of carbonyl (C=O) groups excluding carboxylic acids is 1. The normalized spacial score (nSPS) is 11.1. The molecule has 1 amide bonds. The van der Waals surface area contributed by atoms with E-state index in [2.05, 4.69) is 9.88 Å². The number of nitrogens with zero attached hydrogens (tertiary/aromatic N) is 3. The molecule has 0 radical (unpaired) electrons. The Bertz CT molecular complexity index is 977. The molecular weight excluding hydrogens is 393 g/mol. The summed E-state index contributed by atoms with van der Waals surface area (Å²) < 4.78 is 25.2. The molecule has 2 aromatic carbocycles. The molecule has 0 aliphatic carbocycles. The molecule has 0 saturated carbocycles. The standard InChI is InChI=1S/C21H24FN3O3S/c1-24(2)11-6-12-25(21-23-16-10-9-15(22)13-19(16)29-21)20(26)14-28-18-8-5-4-7-17(18)27-3/h4-5,7-10,13H,6,11-12,14H2,1-3H3. The number of amides is 1. The van der Waals surface area contributed by atoms with E-state index in [9.17, 15) is 9.18 Å². The fourth-order valence-electron chi connectivity index (χ4n) is 2.83. The zero-order valence-corrected chi connectivity index (χ0v) is 17.5. The van der Waals surface area contributed by atoms with Crippen molar-refractivity contribution in [2.24, 2.45) is 0 Å². The maximum atomic E-state index is 13.5. The molecule has 0 aliphatic heterocycles. The largest absolute Gasteiger partial charge is 0.493 e. The Labute approximate surface area is 173 Å². The number of hydrogen-bond donors (Lipinski definition) is 0. The van der Waals surface area contributed by atoms with Crippen LogP contribution in [0.1, 0.15) is 6.42 Å². The lowest BCUT2D eigenvalue weighted by Gasteiger charge is -2.21. The fourth-order valence-corrected chi connectivity index (χ4v) is 3.86. The topological polar surface area (TPSA) is 54.9 Å². The van der Waals surface area contributed by atoms with Crippen LogP contribution in [0.3, 0.4) is 0 Å². The van der Waals surface area contributed by atoms with E-state index >= 15 is 0 Å². The van der Waals surface area contributed by atoms with Crippen molar-refractivity contribution >= 4 is 32.6 Å². The monoisotopic (exact) mass is 417 g/mol. The highest BCUT2D eigenvalue weighted by Crippen LogP contribution is 2.30. The van der Waals surface area contributed by atoms with Gasteiger partial charge in [0, 0.05) is 6.54 Å². The van der Waals surface area contributed by atoms with Gasteiger partial charge in [-0.25, -0.2) is 9.37 Å². The van der Waals surface area contributed by atoms with Crippen LogP contribution in [0, 0.1) is 5.82 Å². The molecule has 0 bridgehead atoms. The third-order valence-electron chi connectivity index (χ3n) is 4.28. The van der Waals surface area contributed by atoms with Crippen molar-refractivity contribution in [3.63, 3.8) is 0 Å². The lowest BCUT2D eigenvalue weighted by Crippen LogP contribution is -2.36. The molecule has 0 unspecified atom stereocenters. The zero-order valence-electron chi connectivity index (χ0n) is 16.7. The molecule has 8 heteroatoms. The highest BCUT2D eigenvalue weighted by atomic mass is 32.1. The van der Waals surface area contributed by atoms with Crippen molar-refractivity contribution in [1.29, 1.82) is 0 Å². The zero-order chi connectivity index (χ0) is 20.8. The minimum absolute atomic E-state index is 0.146. The predicted octanol–water partition coefficient (Wildman–Crippen LogP) is 3.81. The van der Waals surface area contributed by atoms with E-state index in [1.807, 2.05) is 26.2 Å². The van der Waals surface area contributed by atoms with Gasteiger partial charge >= 0.3 is 0 Å². The first-order valence-corrected chi connectivity index (χ1v) is 10.1. The maximum absolute atomic E-state index is 13.5. The highest BCUT2D eigenvalue weighted by molar-refractivity contribution is 7.22. The first-order chi connectivity index (χ1) is 14.0. The minimum Gasteiger partial charge on any atom is -0.493 e. The number of methoxy groups -OCH3 is 1. The van der Waals surface area contributed by atoms with E-state index < -0.39 is 0 Å². The molecule has 0 N–H and O–H groups in total. The van der Waals surface area contributed by atoms with Gasteiger partial charge in [-0.3, -0.25) is 9.69 Å². The Morgan fingerprint density at radius 2 is 1.90 bits per heavy atom. The molecule has 0 fully saturated rings. The van der Waals surface area contributed by atoms with Gasteiger partial charge in [0.1, 0.15) is 5.82 Å². The third-order valence-corrected chi connectivity index (χ3v) is 5.32. The lowest BCUT2D eigenvalue weighted by atomic mass is 10.3. The molecule has 1 aromatic heterocycles. The third kappa shape index (κ3) is 5.42. The summed E-state index contributed by atoms with van der Waals surface area (Å²) in [6.45, 7) is 1.18. The number of halogens is 1. The number of fused-ring (bicyclic) bond motifs is 1. The summed E-state index contributed by atoms with van der Waals surface area (Å²) in [6.07, 6.45) is 0.775. The Morgan fingerprint density at radius 3 is 2.62 bits per heavy atom. The van der Waals surface area contributed by atoms with Gasteiger partial charge in [-0.05, 0) is 57.4 Å². The number of hydrogen-bond acceptors (Lipinski definition) is 6. The first kappa shape index (κ1) is 21.0. The number of carbonyl (C=O) groups is 1. The maximum Gasteiger partial charge on any atom is 0.266 e. The summed E-state index contributed by atoms with van der Waals surface area (Å²) in [5.41, 5.74) is 0.669. The molecule has 0 atom stereocenters. The van der Waals surface area contributed by atoms with Crippen LogP contribution >= 0.6 is 11.3 Å². The van der Waals surface area contributed by atoms with Gasteiger partial charge in [-0.15, -0.1) is 0 Å². The second-order valence-electron chi connectivity index (χ2n) is 6.75. The second-order valence-corrected chi connectivity index (χ2v) is 7.76. The van der Waals surface area contributed by atoms with Crippen LogP contribution in [0.2, 0.25) is 0 Å². The molecule has 0 aliphatic rings. The summed E-state index contributed by atoms with van der Waals surface area (Å²) in [7, 11) is 5.52. The Morgan fingerprint density at radius 1 is 1.14 bits per heavy atom. The molecule has 1 heterocycles. The van der Waals surface area contributed by atoms with Crippen LogP contribution < -0.4 is 14.4 Å². The molecule has 0 saturated heterocycles. The van der Waals surface area contributed by atoms with Crippen molar-refractivity contribution in [1.82, 2.24) is 9.88 Å². The van der Waals surface area contributed by atoms with Gasteiger partial charge in [-0.1, -0.05) is 23.5 Å².